The first-order valence-corrected chi connectivity index (χ1v) is 13.5. The molecule has 1 N–H and O–H groups in total. The number of carbonyl (C=O) groups is 1. The molecular weight excluding hydrogens is 472 g/mol. The van der Waals surface area contributed by atoms with Crippen LogP contribution in [-0.2, 0) is 11.3 Å². The third-order valence-electron chi connectivity index (χ3n) is 8.12. The lowest BCUT2D eigenvalue weighted by atomic mass is 10.0. The van der Waals surface area contributed by atoms with E-state index in [2.05, 4.69) is 69.9 Å². The second kappa shape index (κ2) is 8.98. The minimum absolute atomic E-state index is 0.0687. The monoisotopic (exact) mass is 502 g/mol. The van der Waals surface area contributed by atoms with Crippen molar-refractivity contribution in [2.24, 2.45) is 11.8 Å². The smallest absolute Gasteiger partial charge is 0.255 e. The van der Waals surface area contributed by atoms with Gasteiger partial charge in [0.25, 0.3) is 5.56 Å². The van der Waals surface area contributed by atoms with Gasteiger partial charge in [-0.1, -0.05) is 36.4 Å². The van der Waals surface area contributed by atoms with E-state index in [4.69, 9.17) is 4.98 Å². The fourth-order valence-corrected chi connectivity index (χ4v) is 5.86. The Kier molecular flexibility index (Phi) is 5.43. The SMILES string of the molecule is Cc1ccc2c(c1)nc(-c1ccc(-c3ccc4c(=O)[nH]ccc4c3)cc1)n2C[C@@H]1CCN(C(=O)C2CC2)C1. The standard InChI is InChI=1S/C32H30N4O2/c1-20-2-11-29-28(16-20)34-30(36(29)19-21-13-15-35(18-21)32(38)24-7-8-24)23-5-3-22(4-6-23)25-9-10-27-26(17-25)12-14-33-31(27)37/h2-6,9-12,14,16-17,21,24H,7-8,13,15,18-19H2,1H3,(H,33,37)/t21-/m1/s1. The first kappa shape index (κ1) is 23.0. The maximum absolute atomic E-state index is 12.6. The molecule has 0 radical (unpaired) electrons. The Morgan fingerprint density at radius 2 is 1.74 bits per heavy atom. The van der Waals surface area contributed by atoms with Crippen molar-refractivity contribution in [1.29, 1.82) is 0 Å². The van der Waals surface area contributed by atoms with Gasteiger partial charge in [-0.3, -0.25) is 9.59 Å². The van der Waals surface area contributed by atoms with Gasteiger partial charge < -0.3 is 14.5 Å². The molecule has 0 bridgehead atoms. The Morgan fingerprint density at radius 3 is 2.55 bits per heavy atom. The van der Waals surface area contributed by atoms with Crippen LogP contribution in [-0.4, -0.2) is 38.4 Å². The zero-order chi connectivity index (χ0) is 25.8. The number of benzene rings is 3. The Hall–Kier alpha value is -4.19. The molecule has 7 rings (SSSR count). The van der Waals surface area contributed by atoms with Crippen LogP contribution < -0.4 is 5.56 Å². The lowest BCUT2D eigenvalue weighted by Gasteiger charge is -2.18. The van der Waals surface area contributed by atoms with Gasteiger partial charge in [-0.25, -0.2) is 4.98 Å². The van der Waals surface area contributed by atoms with E-state index < -0.39 is 0 Å². The Balaban J connectivity index is 1.21. The lowest BCUT2D eigenvalue weighted by Crippen LogP contribution is -2.30. The fourth-order valence-electron chi connectivity index (χ4n) is 5.86. The summed E-state index contributed by atoms with van der Waals surface area (Å²) in [4.78, 5) is 34.6. The number of amides is 1. The van der Waals surface area contributed by atoms with Crippen molar-refractivity contribution in [3.8, 4) is 22.5 Å². The summed E-state index contributed by atoms with van der Waals surface area (Å²) in [5.74, 6) is 2.03. The van der Waals surface area contributed by atoms with Crippen LogP contribution in [0.2, 0.25) is 0 Å². The number of aromatic nitrogens is 3. The van der Waals surface area contributed by atoms with Crippen molar-refractivity contribution >= 4 is 27.7 Å². The summed E-state index contributed by atoms with van der Waals surface area (Å²) in [6.07, 6.45) is 4.84. The highest BCUT2D eigenvalue weighted by Crippen LogP contribution is 2.34. The highest BCUT2D eigenvalue weighted by atomic mass is 16.2. The number of rotatable bonds is 5. The quantitative estimate of drug-likeness (QED) is 0.331. The van der Waals surface area contributed by atoms with Crippen molar-refractivity contribution in [2.75, 3.05) is 13.1 Å². The Morgan fingerprint density at radius 1 is 0.947 bits per heavy atom. The number of fused-ring (bicyclic) bond motifs is 2. The zero-order valence-electron chi connectivity index (χ0n) is 21.5. The van der Waals surface area contributed by atoms with Gasteiger partial charge in [0.1, 0.15) is 5.82 Å². The summed E-state index contributed by atoms with van der Waals surface area (Å²) >= 11 is 0. The summed E-state index contributed by atoms with van der Waals surface area (Å²) in [6, 6.07) is 22.9. The maximum Gasteiger partial charge on any atom is 0.255 e. The number of hydrogen-bond donors (Lipinski definition) is 1. The molecule has 1 aliphatic heterocycles. The number of carbonyl (C=O) groups excluding carboxylic acids is 1. The van der Waals surface area contributed by atoms with Crippen molar-refractivity contribution in [3.05, 3.63) is 88.8 Å². The predicted molar refractivity (Wildman–Crippen MR) is 151 cm³/mol. The summed E-state index contributed by atoms with van der Waals surface area (Å²) in [5.41, 5.74) is 6.52. The summed E-state index contributed by atoms with van der Waals surface area (Å²) in [5, 5.41) is 1.62. The second-order valence-corrected chi connectivity index (χ2v) is 10.9. The van der Waals surface area contributed by atoms with Crippen molar-refractivity contribution in [3.63, 3.8) is 0 Å². The number of nitrogens with zero attached hydrogens (tertiary/aromatic N) is 3. The average molecular weight is 503 g/mol. The molecule has 1 saturated heterocycles. The van der Waals surface area contributed by atoms with Gasteiger partial charge in [-0.15, -0.1) is 0 Å². The topological polar surface area (TPSA) is 71.0 Å². The molecule has 6 nitrogen and oxygen atoms in total. The maximum atomic E-state index is 12.6. The summed E-state index contributed by atoms with van der Waals surface area (Å²) in [6.45, 7) is 4.66. The van der Waals surface area contributed by atoms with E-state index in [1.807, 2.05) is 18.2 Å². The van der Waals surface area contributed by atoms with E-state index in [0.717, 1.165) is 77.8 Å². The van der Waals surface area contributed by atoms with Gasteiger partial charge >= 0.3 is 0 Å². The van der Waals surface area contributed by atoms with Crippen molar-refractivity contribution in [2.45, 2.75) is 32.7 Å². The van der Waals surface area contributed by atoms with Gasteiger partial charge in [0, 0.05) is 42.7 Å². The van der Waals surface area contributed by atoms with Gasteiger partial charge in [-0.2, -0.15) is 0 Å². The Labute approximate surface area is 220 Å². The number of pyridine rings is 1. The number of hydrogen-bond acceptors (Lipinski definition) is 3. The minimum atomic E-state index is -0.0687. The number of H-pyrrole nitrogens is 1. The van der Waals surface area contributed by atoms with E-state index in [-0.39, 0.29) is 11.5 Å². The van der Waals surface area contributed by atoms with Crippen molar-refractivity contribution < 1.29 is 4.79 Å². The molecule has 1 atom stereocenters. The summed E-state index contributed by atoms with van der Waals surface area (Å²) < 4.78 is 2.35. The second-order valence-electron chi connectivity index (χ2n) is 10.9. The van der Waals surface area contributed by atoms with Crippen LogP contribution in [0, 0.1) is 18.8 Å². The number of aromatic amines is 1. The third-order valence-corrected chi connectivity index (χ3v) is 8.12. The molecule has 38 heavy (non-hydrogen) atoms. The molecular formula is C32H30N4O2. The number of aryl methyl sites for hydroxylation is 1. The molecule has 1 aliphatic carbocycles. The predicted octanol–water partition coefficient (Wildman–Crippen LogP) is 5.78. The molecule has 0 unspecified atom stereocenters. The number of likely N-dealkylation sites (tertiary alicyclic amines) is 1. The minimum Gasteiger partial charge on any atom is -0.342 e. The molecule has 2 aliphatic rings. The van der Waals surface area contributed by atoms with E-state index in [0.29, 0.717) is 17.2 Å². The van der Waals surface area contributed by atoms with Crippen LogP contribution in [0.3, 0.4) is 0 Å². The number of imidazole rings is 1. The molecule has 1 saturated carbocycles. The average Bonchev–Trinajstić information content (AvgIpc) is 3.58. The first-order chi connectivity index (χ1) is 18.5. The van der Waals surface area contributed by atoms with Crippen LogP contribution in [0.4, 0.5) is 0 Å². The van der Waals surface area contributed by atoms with Crippen LogP contribution in [0.25, 0.3) is 44.3 Å². The van der Waals surface area contributed by atoms with Gasteiger partial charge in [0.15, 0.2) is 0 Å². The molecule has 0 spiro atoms. The molecule has 3 aromatic carbocycles. The lowest BCUT2D eigenvalue weighted by molar-refractivity contribution is -0.131. The summed E-state index contributed by atoms with van der Waals surface area (Å²) in [7, 11) is 0. The van der Waals surface area contributed by atoms with E-state index in [1.165, 1.54) is 5.56 Å². The molecule has 6 heteroatoms. The third kappa shape index (κ3) is 4.10. The van der Waals surface area contributed by atoms with E-state index in [1.54, 1.807) is 6.20 Å². The van der Waals surface area contributed by atoms with Crippen molar-refractivity contribution in [1.82, 2.24) is 19.4 Å². The largest absolute Gasteiger partial charge is 0.342 e. The fraction of sp³-hybridized carbons (Fsp3) is 0.281. The molecule has 190 valence electrons. The number of nitrogens with one attached hydrogen (secondary N) is 1. The highest BCUT2D eigenvalue weighted by molar-refractivity contribution is 5.87. The first-order valence-electron chi connectivity index (χ1n) is 13.5. The zero-order valence-corrected chi connectivity index (χ0v) is 21.5. The molecule has 1 amide bonds. The van der Waals surface area contributed by atoms with Crippen LogP contribution in [0.15, 0.2) is 77.7 Å². The van der Waals surface area contributed by atoms with Gasteiger partial charge in [-0.05, 0) is 84.5 Å². The van der Waals surface area contributed by atoms with Crippen LogP contribution in [0.5, 0.6) is 0 Å². The van der Waals surface area contributed by atoms with Gasteiger partial charge in [0.2, 0.25) is 5.91 Å². The molecule has 3 heterocycles. The van der Waals surface area contributed by atoms with E-state index in [9.17, 15) is 9.59 Å². The molecule has 5 aromatic rings. The van der Waals surface area contributed by atoms with Gasteiger partial charge in [0.05, 0.1) is 11.0 Å². The van der Waals surface area contributed by atoms with Crippen LogP contribution >= 0.6 is 0 Å². The Bertz CT molecular complexity index is 1740. The molecule has 2 aromatic heterocycles. The molecule has 2 fully saturated rings. The van der Waals surface area contributed by atoms with E-state index >= 15 is 0 Å². The highest BCUT2D eigenvalue weighted by Gasteiger charge is 2.36. The normalized spacial score (nSPS) is 17.5. The van der Waals surface area contributed by atoms with Crippen LogP contribution in [0.1, 0.15) is 24.8 Å².